The maximum Gasteiger partial charge on any atom is 0.339 e. The molecule has 0 N–H and O–H groups in total. The molecule has 1 rings (SSSR count). The van der Waals surface area contributed by atoms with Gasteiger partial charge < -0.3 is 4.74 Å². The molecule has 0 atom stereocenters. The van der Waals surface area contributed by atoms with Crippen LogP contribution >= 0.6 is 11.8 Å². The van der Waals surface area contributed by atoms with E-state index in [1.165, 1.54) is 7.11 Å². The number of rotatable bonds is 2. The fraction of sp³-hybridized carbons (Fsp3) is 0.500. The van der Waals surface area contributed by atoms with Crippen LogP contribution in [0, 0.1) is 6.92 Å². The van der Waals surface area contributed by atoms with Crippen molar-refractivity contribution in [2.75, 3.05) is 7.11 Å². The number of ether oxygens (including phenoxy) is 1. The average molecular weight is 239 g/mol. The second-order valence-corrected chi connectivity index (χ2v) is 6.37. The Labute approximate surface area is 101 Å². The molecular weight excluding hydrogens is 222 g/mol. The Balaban J connectivity index is 2.96. The van der Waals surface area contributed by atoms with Crippen molar-refractivity contribution in [1.29, 1.82) is 0 Å². The van der Waals surface area contributed by atoms with E-state index in [1.54, 1.807) is 18.0 Å². The van der Waals surface area contributed by atoms with Crippen molar-refractivity contribution in [3.8, 4) is 0 Å². The zero-order valence-electron chi connectivity index (χ0n) is 10.3. The van der Waals surface area contributed by atoms with Crippen LogP contribution in [-0.2, 0) is 4.74 Å². The highest BCUT2D eigenvalue weighted by molar-refractivity contribution is 8.00. The zero-order chi connectivity index (χ0) is 12.3. The molecular formula is C12H17NO2S. The highest BCUT2D eigenvalue weighted by Gasteiger charge is 2.16. The van der Waals surface area contributed by atoms with Crippen LogP contribution in [0.5, 0.6) is 0 Å². The quantitative estimate of drug-likeness (QED) is 0.587. The van der Waals surface area contributed by atoms with Gasteiger partial charge in [-0.1, -0.05) is 20.8 Å². The summed E-state index contributed by atoms with van der Waals surface area (Å²) in [6.45, 7) is 8.35. The monoisotopic (exact) mass is 239 g/mol. The summed E-state index contributed by atoms with van der Waals surface area (Å²) in [6.07, 6.45) is 1.56. The Hall–Kier alpha value is -1.03. The number of aryl methyl sites for hydroxylation is 1. The minimum atomic E-state index is -0.345. The molecule has 0 unspecified atom stereocenters. The van der Waals surface area contributed by atoms with Crippen LogP contribution in [0.15, 0.2) is 17.3 Å². The minimum absolute atomic E-state index is 0.116. The molecule has 1 heterocycles. The van der Waals surface area contributed by atoms with E-state index < -0.39 is 0 Å². The maximum absolute atomic E-state index is 11.3. The first-order valence-electron chi connectivity index (χ1n) is 5.07. The van der Waals surface area contributed by atoms with Gasteiger partial charge in [0.25, 0.3) is 0 Å². The molecule has 4 heteroatoms. The Morgan fingerprint density at radius 2 is 2.06 bits per heavy atom. The topological polar surface area (TPSA) is 39.2 Å². The van der Waals surface area contributed by atoms with Gasteiger partial charge in [0, 0.05) is 10.9 Å². The van der Waals surface area contributed by atoms with E-state index in [1.807, 2.05) is 13.0 Å². The predicted molar refractivity (Wildman–Crippen MR) is 65.9 cm³/mol. The third kappa shape index (κ3) is 3.52. The van der Waals surface area contributed by atoms with Crippen molar-refractivity contribution in [3.63, 3.8) is 0 Å². The van der Waals surface area contributed by atoms with Crippen molar-refractivity contribution < 1.29 is 9.53 Å². The Morgan fingerprint density at radius 1 is 1.44 bits per heavy atom. The second kappa shape index (κ2) is 4.87. The Kier molecular flexibility index (Phi) is 3.97. The largest absolute Gasteiger partial charge is 0.465 e. The normalized spacial score (nSPS) is 11.3. The van der Waals surface area contributed by atoms with Crippen LogP contribution in [0.1, 0.15) is 36.7 Å². The number of aromatic nitrogens is 1. The molecule has 0 aliphatic carbocycles. The third-order valence-electron chi connectivity index (χ3n) is 1.85. The molecule has 0 fully saturated rings. The molecule has 88 valence electrons. The second-order valence-electron chi connectivity index (χ2n) is 4.55. The van der Waals surface area contributed by atoms with E-state index in [2.05, 4.69) is 30.5 Å². The van der Waals surface area contributed by atoms with Gasteiger partial charge in [-0.05, 0) is 18.6 Å². The highest BCUT2D eigenvalue weighted by Crippen LogP contribution is 2.32. The summed E-state index contributed by atoms with van der Waals surface area (Å²) in [6, 6.07) is 1.81. The lowest BCUT2D eigenvalue weighted by Crippen LogP contribution is -2.09. The molecule has 0 bridgehead atoms. The standard InChI is InChI=1S/C12H17NO2S/c1-8-6-9(11(14)15-5)7-13-10(8)16-12(2,3)4/h6-7H,1-5H3. The Morgan fingerprint density at radius 3 is 2.50 bits per heavy atom. The number of hydrogen-bond donors (Lipinski definition) is 0. The smallest absolute Gasteiger partial charge is 0.339 e. The first kappa shape index (κ1) is 13.0. The van der Waals surface area contributed by atoms with Crippen molar-refractivity contribution >= 4 is 17.7 Å². The summed E-state index contributed by atoms with van der Waals surface area (Å²) in [5.41, 5.74) is 1.50. The van der Waals surface area contributed by atoms with Gasteiger partial charge in [-0.15, -0.1) is 11.8 Å². The van der Waals surface area contributed by atoms with Crippen molar-refractivity contribution in [3.05, 3.63) is 23.4 Å². The number of nitrogens with zero attached hydrogens (tertiary/aromatic N) is 1. The lowest BCUT2D eigenvalue weighted by Gasteiger charge is -2.18. The van der Waals surface area contributed by atoms with Gasteiger partial charge in [-0.2, -0.15) is 0 Å². The molecule has 0 spiro atoms. The van der Waals surface area contributed by atoms with Crippen molar-refractivity contribution in [1.82, 2.24) is 4.98 Å². The lowest BCUT2D eigenvalue weighted by molar-refractivity contribution is 0.0600. The summed E-state index contributed by atoms with van der Waals surface area (Å²) in [5.74, 6) is -0.345. The SMILES string of the molecule is COC(=O)c1cnc(SC(C)(C)C)c(C)c1. The fourth-order valence-corrected chi connectivity index (χ4v) is 2.09. The summed E-state index contributed by atoms with van der Waals surface area (Å²) < 4.78 is 4.76. The van der Waals surface area contributed by atoms with Gasteiger partial charge in [0.15, 0.2) is 0 Å². The maximum atomic E-state index is 11.3. The number of esters is 1. The molecule has 0 aromatic carbocycles. The van der Waals surface area contributed by atoms with Crippen molar-refractivity contribution in [2.24, 2.45) is 0 Å². The predicted octanol–water partition coefficient (Wildman–Crippen LogP) is 3.07. The summed E-state index contributed by atoms with van der Waals surface area (Å²) >= 11 is 1.69. The molecule has 1 aromatic rings. The fourth-order valence-electron chi connectivity index (χ4n) is 1.19. The molecule has 0 aliphatic heterocycles. The van der Waals surface area contributed by atoms with E-state index >= 15 is 0 Å². The van der Waals surface area contributed by atoms with E-state index in [-0.39, 0.29) is 10.7 Å². The van der Waals surface area contributed by atoms with E-state index in [9.17, 15) is 4.79 Å². The third-order valence-corrected chi connectivity index (χ3v) is 3.09. The number of hydrogen-bond acceptors (Lipinski definition) is 4. The van der Waals surface area contributed by atoms with Gasteiger partial charge in [0.05, 0.1) is 17.7 Å². The van der Waals surface area contributed by atoms with E-state index in [4.69, 9.17) is 0 Å². The van der Waals surface area contributed by atoms with Crippen LogP contribution in [0.4, 0.5) is 0 Å². The summed E-state index contributed by atoms with van der Waals surface area (Å²) in [4.78, 5) is 15.6. The molecule has 1 aromatic heterocycles. The Bertz CT molecular complexity index is 396. The molecule has 0 aliphatic rings. The first-order valence-corrected chi connectivity index (χ1v) is 5.89. The van der Waals surface area contributed by atoms with Crippen LogP contribution in [0.25, 0.3) is 0 Å². The van der Waals surface area contributed by atoms with Crippen LogP contribution in [-0.4, -0.2) is 22.8 Å². The average Bonchev–Trinajstić information content (AvgIpc) is 2.18. The number of carbonyl (C=O) groups excluding carboxylic acids is 1. The first-order chi connectivity index (χ1) is 7.33. The number of pyridine rings is 1. The van der Waals surface area contributed by atoms with Crippen LogP contribution in [0.3, 0.4) is 0 Å². The molecule has 3 nitrogen and oxygen atoms in total. The van der Waals surface area contributed by atoms with Gasteiger partial charge in [-0.25, -0.2) is 9.78 Å². The van der Waals surface area contributed by atoms with Gasteiger partial charge in [0.1, 0.15) is 0 Å². The minimum Gasteiger partial charge on any atom is -0.465 e. The lowest BCUT2D eigenvalue weighted by atomic mass is 10.2. The summed E-state index contributed by atoms with van der Waals surface area (Å²) in [7, 11) is 1.37. The van der Waals surface area contributed by atoms with Gasteiger partial charge >= 0.3 is 5.97 Å². The number of carbonyl (C=O) groups is 1. The molecule has 0 saturated carbocycles. The number of thioether (sulfide) groups is 1. The number of methoxy groups -OCH3 is 1. The van der Waals surface area contributed by atoms with E-state index in [0.29, 0.717) is 5.56 Å². The van der Waals surface area contributed by atoms with Crippen LogP contribution < -0.4 is 0 Å². The molecule has 0 amide bonds. The highest BCUT2D eigenvalue weighted by atomic mass is 32.2. The van der Waals surface area contributed by atoms with Crippen molar-refractivity contribution in [2.45, 2.75) is 37.5 Å². The molecule has 0 saturated heterocycles. The zero-order valence-corrected chi connectivity index (χ0v) is 11.1. The van der Waals surface area contributed by atoms with Gasteiger partial charge in [0.2, 0.25) is 0 Å². The van der Waals surface area contributed by atoms with Crippen LogP contribution in [0.2, 0.25) is 0 Å². The van der Waals surface area contributed by atoms with E-state index in [0.717, 1.165) is 10.6 Å². The molecule has 0 radical (unpaired) electrons. The van der Waals surface area contributed by atoms with Gasteiger partial charge in [-0.3, -0.25) is 0 Å². The molecule has 16 heavy (non-hydrogen) atoms. The summed E-state index contributed by atoms with van der Waals surface area (Å²) in [5, 5.41) is 0.958.